The molecule has 5 nitrogen and oxygen atoms in total. The zero-order valence-corrected chi connectivity index (χ0v) is 11.3. The lowest BCUT2D eigenvalue weighted by Crippen LogP contribution is -1.97. The summed E-state index contributed by atoms with van der Waals surface area (Å²) >= 11 is 1.38. The molecule has 0 aliphatic heterocycles. The third kappa shape index (κ3) is 2.22. The second kappa shape index (κ2) is 4.81. The lowest BCUT2D eigenvalue weighted by atomic mass is 10.2. The first kappa shape index (κ1) is 11.9. The van der Waals surface area contributed by atoms with E-state index in [1.165, 1.54) is 11.5 Å². The number of hydrogen-bond donors (Lipinski definition) is 1. The molecule has 0 unspecified atom stereocenters. The Hall–Kier alpha value is -2.21. The van der Waals surface area contributed by atoms with Gasteiger partial charge < -0.3 is 5.73 Å². The Kier molecular flexibility index (Phi) is 3.00. The molecule has 0 atom stereocenters. The van der Waals surface area contributed by atoms with Crippen LogP contribution in [0.3, 0.4) is 0 Å². The summed E-state index contributed by atoms with van der Waals surface area (Å²) in [4.78, 5) is 8.86. The molecule has 3 rings (SSSR count). The number of imidazole rings is 1. The van der Waals surface area contributed by atoms with E-state index in [9.17, 15) is 0 Å². The van der Waals surface area contributed by atoms with Gasteiger partial charge in [-0.05, 0) is 12.1 Å². The lowest BCUT2D eigenvalue weighted by molar-refractivity contribution is 0.958. The second-order valence-electron chi connectivity index (χ2n) is 4.09. The van der Waals surface area contributed by atoms with E-state index >= 15 is 0 Å². The van der Waals surface area contributed by atoms with Crippen LogP contribution in [0.15, 0.2) is 36.7 Å². The number of benzene rings is 1. The van der Waals surface area contributed by atoms with Gasteiger partial charge in [0, 0.05) is 41.6 Å². The van der Waals surface area contributed by atoms with Crippen LogP contribution < -0.4 is 5.73 Å². The summed E-state index contributed by atoms with van der Waals surface area (Å²) in [6.45, 7) is 2.04. The van der Waals surface area contributed by atoms with E-state index in [4.69, 9.17) is 5.73 Å². The quantitative estimate of drug-likeness (QED) is 0.743. The maximum absolute atomic E-state index is 5.82. The van der Waals surface area contributed by atoms with Crippen molar-refractivity contribution in [2.24, 2.45) is 0 Å². The van der Waals surface area contributed by atoms with Crippen LogP contribution >= 0.6 is 11.5 Å². The molecule has 0 radical (unpaired) electrons. The Morgan fingerprint density at radius 3 is 3.00 bits per heavy atom. The minimum atomic E-state index is 0.721. The number of aromatic nitrogens is 4. The Labute approximate surface area is 114 Å². The molecule has 2 heterocycles. The van der Waals surface area contributed by atoms with E-state index in [2.05, 4.69) is 14.3 Å². The first-order chi connectivity index (χ1) is 9.28. The highest BCUT2D eigenvalue weighted by Gasteiger charge is 2.11. The van der Waals surface area contributed by atoms with Crippen molar-refractivity contribution in [3.63, 3.8) is 0 Å². The van der Waals surface area contributed by atoms with E-state index in [1.54, 1.807) is 6.20 Å². The lowest BCUT2D eigenvalue weighted by Gasteiger charge is -2.04. The van der Waals surface area contributed by atoms with Crippen molar-refractivity contribution in [3.8, 4) is 16.5 Å². The van der Waals surface area contributed by atoms with Crippen LogP contribution in [-0.4, -0.2) is 18.9 Å². The predicted octanol–water partition coefficient (Wildman–Crippen LogP) is 2.54. The van der Waals surface area contributed by atoms with Crippen LogP contribution in [0.1, 0.15) is 12.7 Å². The van der Waals surface area contributed by atoms with Crippen LogP contribution in [0.5, 0.6) is 0 Å². The summed E-state index contributed by atoms with van der Waals surface area (Å²) in [5.41, 5.74) is 7.51. The molecule has 0 spiro atoms. The van der Waals surface area contributed by atoms with Crippen LogP contribution in [-0.2, 0) is 6.42 Å². The number of rotatable bonds is 3. The van der Waals surface area contributed by atoms with Gasteiger partial charge in [0.15, 0.2) is 0 Å². The maximum Gasteiger partial charge on any atom is 0.215 e. The maximum atomic E-state index is 5.82. The first-order valence-corrected chi connectivity index (χ1v) is 6.77. The minimum absolute atomic E-state index is 0.721. The third-order valence-corrected chi connectivity index (χ3v) is 3.52. The van der Waals surface area contributed by atoms with Crippen molar-refractivity contribution >= 4 is 17.2 Å². The van der Waals surface area contributed by atoms with E-state index in [-0.39, 0.29) is 0 Å². The Balaban J connectivity index is 2.07. The van der Waals surface area contributed by atoms with Crippen LogP contribution in [0.2, 0.25) is 0 Å². The number of nitrogens with zero attached hydrogens (tertiary/aromatic N) is 4. The molecule has 2 aromatic heterocycles. The molecule has 0 saturated heterocycles. The van der Waals surface area contributed by atoms with Gasteiger partial charge in [0.05, 0.1) is 0 Å². The first-order valence-electron chi connectivity index (χ1n) is 6.00. The molecule has 96 valence electrons. The van der Waals surface area contributed by atoms with Gasteiger partial charge in [0.25, 0.3) is 0 Å². The molecule has 6 heteroatoms. The summed E-state index contributed by atoms with van der Waals surface area (Å²) < 4.78 is 6.24. The summed E-state index contributed by atoms with van der Waals surface area (Å²) in [6, 6.07) is 7.66. The summed E-state index contributed by atoms with van der Waals surface area (Å²) in [7, 11) is 0. The second-order valence-corrected chi connectivity index (χ2v) is 4.82. The molecule has 0 fully saturated rings. The number of aryl methyl sites for hydroxylation is 1. The molecule has 0 bridgehead atoms. The Morgan fingerprint density at radius 1 is 1.37 bits per heavy atom. The highest BCUT2D eigenvalue weighted by atomic mass is 32.1. The highest BCUT2D eigenvalue weighted by molar-refractivity contribution is 7.08. The van der Waals surface area contributed by atoms with Crippen LogP contribution in [0.25, 0.3) is 16.5 Å². The predicted molar refractivity (Wildman–Crippen MR) is 76.3 cm³/mol. The normalized spacial score (nSPS) is 10.8. The van der Waals surface area contributed by atoms with Crippen molar-refractivity contribution in [3.05, 3.63) is 42.5 Å². The van der Waals surface area contributed by atoms with Gasteiger partial charge in [-0.15, -0.1) is 0 Å². The molecule has 0 amide bonds. The Morgan fingerprint density at radius 2 is 2.26 bits per heavy atom. The third-order valence-electron chi connectivity index (χ3n) is 2.77. The molecule has 0 aliphatic rings. The van der Waals surface area contributed by atoms with Crippen molar-refractivity contribution in [1.29, 1.82) is 0 Å². The molecular formula is C13H13N5S. The van der Waals surface area contributed by atoms with Crippen molar-refractivity contribution in [2.45, 2.75) is 13.3 Å². The van der Waals surface area contributed by atoms with Gasteiger partial charge in [0.2, 0.25) is 5.13 Å². The monoisotopic (exact) mass is 271 g/mol. The van der Waals surface area contributed by atoms with E-state index in [0.717, 1.165) is 34.5 Å². The standard InChI is InChI=1S/C13H13N5S/c1-2-11-16-13(19-17-11)18-7-6-15-12(18)9-4-3-5-10(14)8-9/h3-8H,2,14H2,1H3. The molecule has 19 heavy (non-hydrogen) atoms. The fourth-order valence-electron chi connectivity index (χ4n) is 1.84. The zero-order valence-electron chi connectivity index (χ0n) is 10.4. The average molecular weight is 271 g/mol. The molecule has 0 saturated carbocycles. The summed E-state index contributed by atoms with van der Waals surface area (Å²) in [6.07, 6.45) is 4.48. The number of nitrogen functional groups attached to an aromatic ring is 1. The van der Waals surface area contributed by atoms with Gasteiger partial charge in [-0.3, -0.25) is 4.57 Å². The smallest absolute Gasteiger partial charge is 0.215 e. The van der Waals surface area contributed by atoms with Crippen molar-refractivity contribution in [2.75, 3.05) is 5.73 Å². The zero-order chi connectivity index (χ0) is 13.2. The fraction of sp³-hybridized carbons (Fsp3) is 0.154. The van der Waals surface area contributed by atoms with Gasteiger partial charge in [0.1, 0.15) is 11.6 Å². The summed E-state index contributed by atoms with van der Waals surface area (Å²) in [5.74, 6) is 1.68. The molecule has 0 aliphatic carbocycles. The number of nitrogens with two attached hydrogens (primary N) is 1. The van der Waals surface area contributed by atoms with Gasteiger partial charge in [-0.2, -0.15) is 4.37 Å². The topological polar surface area (TPSA) is 69.6 Å². The van der Waals surface area contributed by atoms with E-state index in [1.807, 2.05) is 42.0 Å². The van der Waals surface area contributed by atoms with Crippen molar-refractivity contribution < 1.29 is 0 Å². The van der Waals surface area contributed by atoms with Gasteiger partial charge >= 0.3 is 0 Å². The molecule has 1 aromatic carbocycles. The average Bonchev–Trinajstić information content (AvgIpc) is 3.07. The van der Waals surface area contributed by atoms with Crippen molar-refractivity contribution in [1.82, 2.24) is 18.9 Å². The summed E-state index contributed by atoms with van der Waals surface area (Å²) in [5, 5.41) is 0.826. The molecule has 2 N–H and O–H groups in total. The SMILES string of the molecule is CCc1nsc(-n2ccnc2-c2cccc(N)c2)n1. The van der Waals surface area contributed by atoms with Crippen LogP contribution in [0, 0.1) is 0 Å². The fourth-order valence-corrected chi connectivity index (χ4v) is 2.57. The largest absolute Gasteiger partial charge is 0.399 e. The van der Waals surface area contributed by atoms with E-state index < -0.39 is 0 Å². The van der Waals surface area contributed by atoms with E-state index in [0.29, 0.717) is 0 Å². The Bertz CT molecular complexity index is 700. The molecular weight excluding hydrogens is 258 g/mol. The number of anilines is 1. The minimum Gasteiger partial charge on any atom is -0.399 e. The van der Waals surface area contributed by atoms with Gasteiger partial charge in [-0.1, -0.05) is 19.1 Å². The molecule has 3 aromatic rings. The van der Waals surface area contributed by atoms with Crippen LogP contribution in [0.4, 0.5) is 5.69 Å². The highest BCUT2D eigenvalue weighted by Crippen LogP contribution is 2.23. The number of hydrogen-bond acceptors (Lipinski definition) is 5. The van der Waals surface area contributed by atoms with Gasteiger partial charge in [-0.25, -0.2) is 9.97 Å².